The summed E-state index contributed by atoms with van der Waals surface area (Å²) in [6.07, 6.45) is 2.25. The van der Waals surface area contributed by atoms with Gasteiger partial charge < -0.3 is 10.1 Å². The molecule has 0 saturated carbocycles. The van der Waals surface area contributed by atoms with Crippen molar-refractivity contribution >= 4 is 42.6 Å². The highest BCUT2D eigenvalue weighted by Gasteiger charge is 2.29. The molecule has 1 aromatic heterocycles. The Kier molecular flexibility index (Phi) is 5.26. The first kappa shape index (κ1) is 18.1. The van der Waals surface area contributed by atoms with Crippen LogP contribution < -0.4 is 10.1 Å². The number of anilines is 1. The Labute approximate surface area is 151 Å². The van der Waals surface area contributed by atoms with E-state index in [1.165, 1.54) is 21.9 Å². The van der Waals surface area contributed by atoms with E-state index in [1.54, 1.807) is 0 Å². The summed E-state index contributed by atoms with van der Waals surface area (Å²) in [5.41, 5.74) is 0.815. The Hall–Kier alpha value is -1.71. The third-order valence-corrected chi connectivity index (χ3v) is 6.43. The summed E-state index contributed by atoms with van der Waals surface area (Å²) < 4.78 is 30.9. The van der Waals surface area contributed by atoms with Gasteiger partial charge in [0.2, 0.25) is 15.9 Å². The maximum absolute atomic E-state index is 12.4. The van der Waals surface area contributed by atoms with Crippen LogP contribution in [0.5, 0.6) is 5.75 Å². The van der Waals surface area contributed by atoms with Crippen LogP contribution in [0.1, 0.15) is 19.8 Å². The van der Waals surface area contributed by atoms with Crippen LogP contribution in [0, 0.1) is 5.92 Å². The van der Waals surface area contributed by atoms with E-state index in [0.717, 1.165) is 16.0 Å². The van der Waals surface area contributed by atoms with Gasteiger partial charge in [-0.2, -0.15) is 0 Å². The van der Waals surface area contributed by atoms with Crippen molar-refractivity contribution in [2.24, 2.45) is 5.92 Å². The van der Waals surface area contributed by atoms with Crippen molar-refractivity contribution in [3.8, 4) is 5.75 Å². The van der Waals surface area contributed by atoms with Crippen molar-refractivity contribution in [2.75, 3.05) is 31.3 Å². The topological polar surface area (TPSA) is 88.6 Å². The summed E-state index contributed by atoms with van der Waals surface area (Å²) >= 11 is 1.41. The first-order valence-electron chi connectivity index (χ1n) is 8.16. The van der Waals surface area contributed by atoms with Crippen LogP contribution in [0.2, 0.25) is 0 Å². The monoisotopic (exact) mass is 383 g/mol. The summed E-state index contributed by atoms with van der Waals surface area (Å²) in [6, 6.07) is 5.64. The first-order valence-corrected chi connectivity index (χ1v) is 10.8. The van der Waals surface area contributed by atoms with Crippen molar-refractivity contribution in [2.45, 2.75) is 19.8 Å². The molecule has 1 fully saturated rings. The van der Waals surface area contributed by atoms with Crippen molar-refractivity contribution in [1.82, 2.24) is 9.29 Å². The molecule has 7 nitrogen and oxygen atoms in total. The molecule has 0 atom stereocenters. The average Bonchev–Trinajstić information content (AvgIpc) is 2.96. The summed E-state index contributed by atoms with van der Waals surface area (Å²) in [7, 11) is -3.18. The lowest BCUT2D eigenvalue weighted by Crippen LogP contribution is -2.40. The van der Waals surface area contributed by atoms with E-state index in [9.17, 15) is 13.2 Å². The highest BCUT2D eigenvalue weighted by atomic mass is 32.2. The Bertz CT molecular complexity index is 871. The molecule has 0 unspecified atom stereocenters. The van der Waals surface area contributed by atoms with Gasteiger partial charge >= 0.3 is 0 Å². The van der Waals surface area contributed by atoms with Gasteiger partial charge in [-0.05, 0) is 38.0 Å². The van der Waals surface area contributed by atoms with E-state index in [4.69, 9.17) is 4.74 Å². The van der Waals surface area contributed by atoms with Crippen LogP contribution in [-0.2, 0) is 14.8 Å². The zero-order valence-electron chi connectivity index (χ0n) is 14.2. The number of thiazole rings is 1. The van der Waals surface area contributed by atoms with E-state index in [1.807, 2.05) is 25.1 Å². The van der Waals surface area contributed by atoms with Crippen molar-refractivity contribution in [3.05, 3.63) is 18.2 Å². The van der Waals surface area contributed by atoms with Crippen LogP contribution in [0.25, 0.3) is 10.2 Å². The number of fused-ring (bicyclic) bond motifs is 1. The minimum Gasteiger partial charge on any atom is -0.494 e. The second-order valence-corrected chi connectivity index (χ2v) is 9.02. The van der Waals surface area contributed by atoms with Crippen LogP contribution in [0.4, 0.5) is 5.13 Å². The van der Waals surface area contributed by atoms with Gasteiger partial charge in [0.1, 0.15) is 5.75 Å². The zero-order chi connectivity index (χ0) is 18.0. The lowest BCUT2D eigenvalue weighted by molar-refractivity contribution is -0.120. The standard InChI is InChI=1S/C16H21N3O4S2/c1-3-23-12-4-5-13-14(10-12)24-16(17-13)18-15(20)11-6-8-19(9-7-11)25(2,21)22/h4-5,10-11H,3,6-9H2,1-2H3,(H,17,18,20). The van der Waals surface area contributed by atoms with E-state index in [0.29, 0.717) is 37.7 Å². The SMILES string of the molecule is CCOc1ccc2nc(NC(=O)C3CCN(S(C)(=O)=O)CC3)sc2c1. The second kappa shape index (κ2) is 7.27. The smallest absolute Gasteiger partial charge is 0.229 e. The number of piperidine rings is 1. The molecule has 9 heteroatoms. The molecule has 25 heavy (non-hydrogen) atoms. The van der Waals surface area contributed by atoms with Crippen molar-refractivity contribution in [3.63, 3.8) is 0 Å². The molecule has 0 spiro atoms. The van der Waals surface area contributed by atoms with Crippen LogP contribution in [-0.4, -0.2) is 49.6 Å². The summed E-state index contributed by atoms with van der Waals surface area (Å²) in [6.45, 7) is 3.29. The molecule has 0 radical (unpaired) electrons. The fraction of sp³-hybridized carbons (Fsp3) is 0.500. The summed E-state index contributed by atoms with van der Waals surface area (Å²) in [4.78, 5) is 16.9. The predicted molar refractivity (Wildman–Crippen MR) is 98.6 cm³/mol. The van der Waals surface area contributed by atoms with Gasteiger partial charge in [0.25, 0.3) is 0 Å². The molecule has 1 aliphatic heterocycles. The molecule has 136 valence electrons. The van der Waals surface area contributed by atoms with Gasteiger partial charge in [-0.3, -0.25) is 4.79 Å². The number of hydrogen-bond donors (Lipinski definition) is 1. The number of amides is 1. The second-order valence-electron chi connectivity index (χ2n) is 6.01. The van der Waals surface area contributed by atoms with E-state index in [2.05, 4.69) is 10.3 Å². The molecule has 1 saturated heterocycles. The Balaban J connectivity index is 1.64. The molecule has 0 aliphatic carbocycles. The minimum absolute atomic E-state index is 0.0998. The molecule has 2 heterocycles. The fourth-order valence-corrected chi connectivity index (χ4v) is 4.64. The quantitative estimate of drug-likeness (QED) is 0.856. The number of ether oxygens (including phenoxy) is 1. The maximum Gasteiger partial charge on any atom is 0.229 e. The number of nitrogens with zero attached hydrogens (tertiary/aromatic N) is 2. The molecular formula is C16H21N3O4S2. The molecule has 0 bridgehead atoms. The lowest BCUT2D eigenvalue weighted by Gasteiger charge is -2.29. The van der Waals surface area contributed by atoms with E-state index < -0.39 is 10.0 Å². The third kappa shape index (κ3) is 4.28. The number of carbonyl (C=O) groups excluding carboxylic acids is 1. The van der Waals surface area contributed by atoms with Gasteiger partial charge in [-0.1, -0.05) is 11.3 Å². The maximum atomic E-state index is 12.4. The average molecular weight is 383 g/mol. The Morgan fingerprint density at radius 1 is 1.40 bits per heavy atom. The number of nitrogens with one attached hydrogen (secondary N) is 1. The molecule has 1 aliphatic rings. The van der Waals surface area contributed by atoms with E-state index in [-0.39, 0.29) is 11.8 Å². The largest absolute Gasteiger partial charge is 0.494 e. The van der Waals surface area contributed by atoms with Gasteiger partial charge in [-0.25, -0.2) is 17.7 Å². The number of sulfonamides is 1. The predicted octanol–water partition coefficient (Wildman–Crippen LogP) is 2.31. The number of benzene rings is 1. The van der Waals surface area contributed by atoms with Crippen molar-refractivity contribution in [1.29, 1.82) is 0 Å². The number of hydrogen-bond acceptors (Lipinski definition) is 6. The molecule has 1 N–H and O–H groups in total. The fourth-order valence-electron chi connectivity index (χ4n) is 2.87. The van der Waals surface area contributed by atoms with E-state index >= 15 is 0 Å². The number of carbonyl (C=O) groups is 1. The van der Waals surface area contributed by atoms with Gasteiger partial charge in [0, 0.05) is 19.0 Å². The highest BCUT2D eigenvalue weighted by Crippen LogP contribution is 2.30. The van der Waals surface area contributed by atoms with Crippen LogP contribution >= 0.6 is 11.3 Å². The Morgan fingerprint density at radius 3 is 2.76 bits per heavy atom. The number of aromatic nitrogens is 1. The molecule has 2 aromatic rings. The first-order chi connectivity index (χ1) is 11.9. The van der Waals surface area contributed by atoms with Crippen molar-refractivity contribution < 1.29 is 17.9 Å². The Morgan fingerprint density at radius 2 is 2.12 bits per heavy atom. The normalized spacial score (nSPS) is 16.9. The molecule has 3 rings (SSSR count). The summed E-state index contributed by atoms with van der Waals surface area (Å²) in [5, 5.41) is 3.42. The lowest BCUT2D eigenvalue weighted by atomic mass is 9.97. The highest BCUT2D eigenvalue weighted by molar-refractivity contribution is 7.88. The zero-order valence-corrected chi connectivity index (χ0v) is 15.8. The summed E-state index contributed by atoms with van der Waals surface area (Å²) in [5.74, 6) is 0.492. The third-order valence-electron chi connectivity index (χ3n) is 4.19. The molecular weight excluding hydrogens is 362 g/mol. The molecule has 1 aromatic carbocycles. The van der Waals surface area contributed by atoms with Crippen LogP contribution in [0.3, 0.4) is 0 Å². The minimum atomic E-state index is -3.18. The van der Waals surface area contributed by atoms with Crippen LogP contribution in [0.15, 0.2) is 18.2 Å². The van der Waals surface area contributed by atoms with Gasteiger partial charge in [0.15, 0.2) is 5.13 Å². The van der Waals surface area contributed by atoms with Gasteiger partial charge in [-0.15, -0.1) is 0 Å². The number of rotatable bonds is 5. The van der Waals surface area contributed by atoms with Gasteiger partial charge in [0.05, 0.1) is 23.1 Å². The molecule has 1 amide bonds.